The van der Waals surface area contributed by atoms with Crippen molar-refractivity contribution in [1.29, 1.82) is 0 Å². The van der Waals surface area contributed by atoms with Gasteiger partial charge >= 0.3 is 0 Å². The van der Waals surface area contributed by atoms with Gasteiger partial charge in [-0.2, -0.15) is 0 Å². The Morgan fingerprint density at radius 1 is 1.47 bits per heavy atom. The van der Waals surface area contributed by atoms with E-state index in [4.69, 9.17) is 11.6 Å². The summed E-state index contributed by atoms with van der Waals surface area (Å²) in [6.07, 6.45) is 1.47. The first-order valence-corrected chi connectivity index (χ1v) is 5.04. The predicted octanol–water partition coefficient (Wildman–Crippen LogP) is 1.87. The van der Waals surface area contributed by atoms with Gasteiger partial charge in [0.15, 0.2) is 0 Å². The van der Waals surface area contributed by atoms with Gasteiger partial charge in [-0.25, -0.2) is 4.98 Å². The number of halogens is 3. The highest BCUT2D eigenvalue weighted by Gasteiger charge is 2.11. The summed E-state index contributed by atoms with van der Waals surface area (Å²) in [5.41, 5.74) is 0.415. The summed E-state index contributed by atoms with van der Waals surface area (Å²) in [5.74, 6) is -0.0954. The van der Waals surface area contributed by atoms with Crippen molar-refractivity contribution < 1.29 is 4.79 Å². The monoisotopic (exact) mass is 299 g/mol. The molecule has 1 amide bonds. The van der Waals surface area contributed by atoms with Crippen LogP contribution in [0.3, 0.4) is 0 Å². The number of hydrogen-bond acceptors (Lipinski definition) is 3. The summed E-state index contributed by atoms with van der Waals surface area (Å²) < 4.78 is 0. The van der Waals surface area contributed by atoms with E-state index in [1.807, 2.05) is 7.05 Å². The Morgan fingerprint density at radius 2 is 2.12 bits per heavy atom. The maximum atomic E-state index is 11.8. The van der Waals surface area contributed by atoms with Crippen molar-refractivity contribution in [3.05, 3.63) is 29.0 Å². The Bertz CT molecular complexity index is 332. The molecule has 17 heavy (non-hydrogen) atoms. The molecule has 0 unspecified atom stereocenters. The van der Waals surface area contributed by atoms with Crippen molar-refractivity contribution >= 4 is 42.3 Å². The highest BCUT2D eigenvalue weighted by Crippen LogP contribution is 2.07. The molecule has 0 saturated heterocycles. The van der Waals surface area contributed by atoms with E-state index in [9.17, 15) is 4.79 Å². The van der Waals surface area contributed by atoms with Crippen LogP contribution in [0.4, 0.5) is 0 Å². The van der Waals surface area contributed by atoms with E-state index in [-0.39, 0.29) is 30.7 Å². The minimum absolute atomic E-state index is 0. The zero-order chi connectivity index (χ0) is 11.3. The van der Waals surface area contributed by atoms with Crippen LogP contribution in [0, 0.1) is 0 Å². The van der Waals surface area contributed by atoms with Crippen LogP contribution in [-0.2, 0) is 0 Å². The number of carbonyl (C=O) groups is 1. The number of nitrogens with zero attached hydrogens (tertiary/aromatic N) is 2. The van der Waals surface area contributed by atoms with Gasteiger partial charge in [0.05, 0.1) is 5.02 Å². The molecule has 1 aromatic heterocycles. The number of aromatic nitrogens is 1. The van der Waals surface area contributed by atoms with Gasteiger partial charge in [0.2, 0.25) is 0 Å². The summed E-state index contributed by atoms with van der Waals surface area (Å²) in [5, 5.41) is 3.51. The third-order valence-corrected chi connectivity index (χ3v) is 2.21. The minimum atomic E-state index is -0.0954. The second-order valence-corrected chi connectivity index (χ2v) is 3.63. The van der Waals surface area contributed by atoms with Gasteiger partial charge in [0.25, 0.3) is 5.91 Å². The van der Waals surface area contributed by atoms with Crippen molar-refractivity contribution in [2.45, 2.75) is 0 Å². The topological polar surface area (TPSA) is 45.2 Å². The third-order valence-electron chi connectivity index (χ3n) is 1.99. The SMILES string of the molecule is CNCCN(C)C(=O)c1ccc(Cl)cn1.Cl.Cl. The van der Waals surface area contributed by atoms with E-state index < -0.39 is 0 Å². The first kappa shape index (κ1) is 18.8. The molecule has 0 fully saturated rings. The summed E-state index contributed by atoms with van der Waals surface area (Å²) in [6.45, 7) is 1.41. The highest BCUT2D eigenvalue weighted by atomic mass is 35.5. The lowest BCUT2D eigenvalue weighted by molar-refractivity contribution is 0.0791. The molecular formula is C10H16Cl3N3O. The molecule has 0 aliphatic rings. The van der Waals surface area contributed by atoms with E-state index in [0.29, 0.717) is 17.3 Å². The van der Waals surface area contributed by atoms with Crippen LogP contribution >= 0.6 is 36.4 Å². The lowest BCUT2D eigenvalue weighted by Crippen LogP contribution is -2.33. The average Bonchev–Trinajstić information content (AvgIpc) is 2.26. The summed E-state index contributed by atoms with van der Waals surface area (Å²) in [4.78, 5) is 17.3. The average molecular weight is 301 g/mol. The van der Waals surface area contributed by atoms with Crippen LogP contribution in [-0.4, -0.2) is 43.0 Å². The van der Waals surface area contributed by atoms with E-state index in [1.54, 1.807) is 24.1 Å². The Hall–Kier alpha value is -0.550. The molecule has 0 bridgehead atoms. The Balaban J connectivity index is 0. The molecule has 0 aromatic carbocycles. The normalized spacial score (nSPS) is 8.88. The Kier molecular flexibility index (Phi) is 10.5. The molecule has 0 atom stereocenters. The maximum absolute atomic E-state index is 11.8. The number of amides is 1. The van der Waals surface area contributed by atoms with Crippen LogP contribution in [0.1, 0.15) is 10.5 Å². The third kappa shape index (κ3) is 6.07. The molecule has 0 spiro atoms. The predicted molar refractivity (Wildman–Crippen MR) is 74.6 cm³/mol. The maximum Gasteiger partial charge on any atom is 0.272 e. The second kappa shape index (κ2) is 9.48. The molecule has 1 rings (SSSR count). The van der Waals surface area contributed by atoms with Crippen LogP contribution in [0.5, 0.6) is 0 Å². The number of carbonyl (C=O) groups excluding carboxylic acids is 1. The largest absolute Gasteiger partial charge is 0.339 e. The quantitative estimate of drug-likeness (QED) is 0.923. The van der Waals surface area contributed by atoms with Crippen LogP contribution in [0.2, 0.25) is 5.02 Å². The van der Waals surface area contributed by atoms with E-state index in [2.05, 4.69) is 10.3 Å². The molecule has 0 radical (unpaired) electrons. The Labute approximate surface area is 119 Å². The zero-order valence-corrected chi connectivity index (χ0v) is 12.0. The van der Waals surface area contributed by atoms with Gasteiger partial charge in [-0.3, -0.25) is 4.79 Å². The van der Waals surface area contributed by atoms with Crippen LogP contribution < -0.4 is 5.32 Å². The van der Waals surface area contributed by atoms with Gasteiger partial charge in [0.1, 0.15) is 5.69 Å². The fourth-order valence-electron chi connectivity index (χ4n) is 1.08. The first-order valence-electron chi connectivity index (χ1n) is 4.66. The molecular weight excluding hydrogens is 284 g/mol. The molecule has 98 valence electrons. The van der Waals surface area contributed by atoms with E-state index in [1.165, 1.54) is 6.20 Å². The fourth-order valence-corrected chi connectivity index (χ4v) is 1.19. The lowest BCUT2D eigenvalue weighted by Gasteiger charge is -2.16. The molecule has 4 nitrogen and oxygen atoms in total. The summed E-state index contributed by atoms with van der Waals surface area (Å²) in [6, 6.07) is 3.29. The van der Waals surface area contributed by atoms with Crippen molar-refractivity contribution in [2.75, 3.05) is 27.2 Å². The van der Waals surface area contributed by atoms with Crippen molar-refractivity contribution in [3.63, 3.8) is 0 Å². The summed E-state index contributed by atoms with van der Waals surface area (Å²) >= 11 is 5.68. The molecule has 1 heterocycles. The van der Waals surface area contributed by atoms with Gasteiger partial charge < -0.3 is 10.2 Å². The number of rotatable bonds is 4. The molecule has 0 aliphatic carbocycles. The number of hydrogen-bond donors (Lipinski definition) is 1. The van der Waals surface area contributed by atoms with E-state index in [0.717, 1.165) is 6.54 Å². The molecule has 7 heteroatoms. The molecule has 0 aliphatic heterocycles. The van der Waals surface area contributed by atoms with Gasteiger partial charge in [0, 0.05) is 26.3 Å². The standard InChI is InChI=1S/C10H14ClN3O.2ClH/c1-12-5-6-14(2)10(15)9-4-3-8(11)7-13-9;;/h3-4,7,12H,5-6H2,1-2H3;2*1H. The first-order chi connectivity index (χ1) is 7.15. The lowest BCUT2D eigenvalue weighted by atomic mass is 10.3. The van der Waals surface area contributed by atoms with Gasteiger partial charge in [-0.05, 0) is 19.2 Å². The van der Waals surface area contributed by atoms with Crippen molar-refractivity contribution in [1.82, 2.24) is 15.2 Å². The van der Waals surface area contributed by atoms with Crippen LogP contribution in [0.25, 0.3) is 0 Å². The van der Waals surface area contributed by atoms with Crippen LogP contribution in [0.15, 0.2) is 18.3 Å². The molecule has 0 saturated carbocycles. The Morgan fingerprint density at radius 3 is 2.59 bits per heavy atom. The second-order valence-electron chi connectivity index (χ2n) is 3.19. The number of pyridine rings is 1. The number of likely N-dealkylation sites (N-methyl/N-ethyl adjacent to an activating group) is 2. The van der Waals surface area contributed by atoms with Gasteiger partial charge in [-0.15, -0.1) is 24.8 Å². The fraction of sp³-hybridized carbons (Fsp3) is 0.400. The highest BCUT2D eigenvalue weighted by molar-refractivity contribution is 6.30. The smallest absolute Gasteiger partial charge is 0.272 e. The zero-order valence-electron chi connectivity index (χ0n) is 9.64. The molecule has 1 aromatic rings. The van der Waals surface area contributed by atoms with E-state index >= 15 is 0 Å². The van der Waals surface area contributed by atoms with Gasteiger partial charge in [-0.1, -0.05) is 11.6 Å². The summed E-state index contributed by atoms with van der Waals surface area (Å²) in [7, 11) is 3.59. The van der Waals surface area contributed by atoms with Crippen molar-refractivity contribution in [2.24, 2.45) is 0 Å². The molecule has 1 N–H and O–H groups in total. The van der Waals surface area contributed by atoms with Crippen molar-refractivity contribution in [3.8, 4) is 0 Å². The minimum Gasteiger partial charge on any atom is -0.339 e. The number of nitrogens with one attached hydrogen (secondary N) is 1.